The van der Waals surface area contributed by atoms with Gasteiger partial charge in [0, 0.05) is 18.3 Å². The summed E-state index contributed by atoms with van der Waals surface area (Å²) in [5.41, 5.74) is 3.99. The lowest BCUT2D eigenvalue weighted by molar-refractivity contribution is 0.0946. The lowest BCUT2D eigenvalue weighted by Crippen LogP contribution is -2.23. The van der Waals surface area contributed by atoms with Crippen molar-refractivity contribution in [2.75, 3.05) is 6.61 Å². The van der Waals surface area contributed by atoms with Crippen LogP contribution in [-0.2, 0) is 6.54 Å². The Morgan fingerprint density at radius 2 is 2.04 bits per heavy atom. The van der Waals surface area contributed by atoms with Crippen LogP contribution in [0.25, 0.3) is 11.3 Å². The lowest BCUT2D eigenvalue weighted by Gasteiger charge is -2.07. The highest BCUT2D eigenvalue weighted by molar-refractivity contribution is 5.92. The van der Waals surface area contributed by atoms with Crippen LogP contribution in [-0.4, -0.2) is 27.5 Å². The van der Waals surface area contributed by atoms with Crippen LogP contribution in [0.3, 0.4) is 0 Å². The van der Waals surface area contributed by atoms with E-state index in [2.05, 4.69) is 20.3 Å². The van der Waals surface area contributed by atoms with Crippen molar-refractivity contribution >= 4 is 5.91 Å². The van der Waals surface area contributed by atoms with Crippen LogP contribution in [0, 0.1) is 6.92 Å². The minimum Gasteiger partial charge on any atom is -0.477 e. The van der Waals surface area contributed by atoms with E-state index in [1.54, 1.807) is 30.7 Å². The van der Waals surface area contributed by atoms with Gasteiger partial charge in [-0.15, -0.1) is 0 Å². The molecule has 26 heavy (non-hydrogen) atoms. The van der Waals surface area contributed by atoms with Crippen molar-refractivity contribution in [2.45, 2.75) is 20.4 Å². The van der Waals surface area contributed by atoms with Gasteiger partial charge >= 0.3 is 0 Å². The third kappa shape index (κ3) is 4.42. The van der Waals surface area contributed by atoms with Gasteiger partial charge in [0.2, 0.25) is 5.88 Å². The molecule has 0 spiro atoms. The predicted octanol–water partition coefficient (Wildman–Crippen LogP) is 3.18. The van der Waals surface area contributed by atoms with Crippen LogP contribution in [0.2, 0.25) is 0 Å². The van der Waals surface area contributed by atoms with Gasteiger partial charge in [0.1, 0.15) is 5.69 Å². The summed E-state index contributed by atoms with van der Waals surface area (Å²) in [5.74, 6) is 0.247. The topological polar surface area (TPSA) is 77.0 Å². The number of pyridine rings is 1. The van der Waals surface area contributed by atoms with E-state index in [0.29, 0.717) is 30.4 Å². The fourth-order valence-electron chi connectivity index (χ4n) is 2.48. The highest BCUT2D eigenvalue weighted by Gasteiger charge is 2.09. The van der Waals surface area contributed by atoms with Crippen LogP contribution in [0.15, 0.2) is 55.0 Å². The third-order valence-electron chi connectivity index (χ3n) is 3.73. The Morgan fingerprint density at radius 3 is 2.77 bits per heavy atom. The molecular formula is C20H20N4O2. The number of aryl methyl sites for hydroxylation is 1. The largest absolute Gasteiger partial charge is 0.477 e. The van der Waals surface area contributed by atoms with Crippen LogP contribution in [0.5, 0.6) is 5.88 Å². The molecule has 2 aromatic heterocycles. The number of nitrogens with zero attached hydrogens (tertiary/aromatic N) is 3. The van der Waals surface area contributed by atoms with Gasteiger partial charge in [-0.05, 0) is 31.5 Å². The van der Waals surface area contributed by atoms with Crippen molar-refractivity contribution in [3.63, 3.8) is 0 Å². The molecule has 3 aromatic rings. The zero-order chi connectivity index (χ0) is 18.4. The molecule has 0 fully saturated rings. The summed E-state index contributed by atoms with van der Waals surface area (Å²) < 4.78 is 5.35. The van der Waals surface area contributed by atoms with Crippen LogP contribution < -0.4 is 10.1 Å². The number of hydrogen-bond donors (Lipinski definition) is 1. The molecule has 6 heteroatoms. The van der Waals surface area contributed by atoms with E-state index >= 15 is 0 Å². The molecule has 2 heterocycles. The van der Waals surface area contributed by atoms with E-state index in [1.807, 2.05) is 38.1 Å². The lowest BCUT2D eigenvalue weighted by atomic mass is 10.1. The van der Waals surface area contributed by atoms with Gasteiger partial charge in [-0.3, -0.25) is 14.8 Å². The molecule has 6 nitrogen and oxygen atoms in total. The van der Waals surface area contributed by atoms with Crippen molar-refractivity contribution in [3.05, 3.63) is 71.8 Å². The summed E-state index contributed by atoms with van der Waals surface area (Å²) in [6, 6.07) is 11.5. The molecule has 0 atom stereocenters. The summed E-state index contributed by atoms with van der Waals surface area (Å²) in [4.78, 5) is 25.0. The Labute approximate surface area is 152 Å². The highest BCUT2D eigenvalue weighted by Crippen LogP contribution is 2.18. The Bertz CT molecular complexity index is 894. The molecule has 0 unspecified atom stereocenters. The first-order chi connectivity index (χ1) is 12.7. The van der Waals surface area contributed by atoms with Crippen molar-refractivity contribution in [2.24, 2.45) is 0 Å². The third-order valence-corrected chi connectivity index (χ3v) is 3.73. The first-order valence-corrected chi connectivity index (χ1v) is 8.40. The summed E-state index contributed by atoms with van der Waals surface area (Å²) in [7, 11) is 0. The van der Waals surface area contributed by atoms with Gasteiger partial charge in [-0.25, -0.2) is 4.98 Å². The van der Waals surface area contributed by atoms with Gasteiger partial charge in [0.05, 0.1) is 24.7 Å². The molecule has 0 aliphatic rings. The van der Waals surface area contributed by atoms with E-state index in [0.717, 1.165) is 16.7 Å². The van der Waals surface area contributed by atoms with Crippen LogP contribution in [0.1, 0.15) is 28.5 Å². The maximum absolute atomic E-state index is 12.3. The number of amides is 1. The van der Waals surface area contributed by atoms with E-state index in [9.17, 15) is 4.79 Å². The van der Waals surface area contributed by atoms with Crippen molar-refractivity contribution < 1.29 is 9.53 Å². The zero-order valence-electron chi connectivity index (χ0n) is 14.8. The van der Waals surface area contributed by atoms with Crippen molar-refractivity contribution in [1.82, 2.24) is 20.3 Å². The zero-order valence-corrected chi connectivity index (χ0v) is 14.8. The molecule has 0 aliphatic carbocycles. The van der Waals surface area contributed by atoms with E-state index in [1.165, 1.54) is 0 Å². The van der Waals surface area contributed by atoms with E-state index in [4.69, 9.17) is 4.74 Å². The summed E-state index contributed by atoms with van der Waals surface area (Å²) in [6.45, 7) is 4.90. The molecule has 0 saturated carbocycles. The molecule has 1 aromatic carbocycles. The van der Waals surface area contributed by atoms with E-state index < -0.39 is 0 Å². The Morgan fingerprint density at radius 1 is 1.15 bits per heavy atom. The molecule has 1 N–H and O–H groups in total. The number of nitrogens with one attached hydrogen (secondary N) is 1. The number of hydrogen-bond acceptors (Lipinski definition) is 5. The Kier molecular flexibility index (Phi) is 5.53. The molecule has 1 amide bonds. The Hall–Kier alpha value is -3.28. The Balaban J connectivity index is 1.67. The predicted molar refractivity (Wildman–Crippen MR) is 98.8 cm³/mol. The number of benzene rings is 1. The van der Waals surface area contributed by atoms with Crippen LogP contribution in [0.4, 0.5) is 0 Å². The summed E-state index contributed by atoms with van der Waals surface area (Å²) in [5, 5.41) is 2.88. The summed E-state index contributed by atoms with van der Waals surface area (Å²) >= 11 is 0. The second-order valence-corrected chi connectivity index (χ2v) is 5.78. The maximum atomic E-state index is 12.3. The number of rotatable bonds is 6. The van der Waals surface area contributed by atoms with Crippen molar-refractivity contribution in [1.29, 1.82) is 0 Å². The number of carbonyl (C=O) groups is 1. The first-order valence-electron chi connectivity index (χ1n) is 8.40. The molecule has 0 saturated heterocycles. The van der Waals surface area contributed by atoms with E-state index in [-0.39, 0.29) is 5.91 Å². The standard InChI is InChI=1S/C20H20N4O2/c1-3-26-19-13-21-12-18(24-19)16-7-8-17(22-11-16)20(25)23-10-15-6-4-5-14(2)9-15/h4-9,11-13H,3,10H2,1-2H3,(H,23,25). The highest BCUT2D eigenvalue weighted by atomic mass is 16.5. The average Bonchev–Trinajstić information content (AvgIpc) is 2.67. The molecule has 132 valence electrons. The monoisotopic (exact) mass is 348 g/mol. The molecule has 3 rings (SSSR count). The normalized spacial score (nSPS) is 10.4. The maximum Gasteiger partial charge on any atom is 0.270 e. The second-order valence-electron chi connectivity index (χ2n) is 5.78. The minimum absolute atomic E-state index is 0.216. The molecule has 0 bridgehead atoms. The second kappa shape index (κ2) is 8.20. The van der Waals surface area contributed by atoms with Crippen molar-refractivity contribution in [3.8, 4) is 17.1 Å². The first kappa shape index (κ1) is 17.5. The van der Waals surface area contributed by atoms with Gasteiger partial charge in [-0.1, -0.05) is 29.8 Å². The van der Waals surface area contributed by atoms with Crippen LogP contribution >= 0.6 is 0 Å². The SMILES string of the molecule is CCOc1cncc(-c2ccc(C(=O)NCc3cccc(C)c3)nc2)n1. The smallest absolute Gasteiger partial charge is 0.270 e. The fourth-order valence-corrected chi connectivity index (χ4v) is 2.48. The van der Waals surface area contributed by atoms with Gasteiger partial charge in [-0.2, -0.15) is 0 Å². The fraction of sp³-hybridized carbons (Fsp3) is 0.200. The number of aromatic nitrogens is 3. The molecule has 0 aliphatic heterocycles. The number of ether oxygens (including phenoxy) is 1. The van der Waals surface area contributed by atoms with Gasteiger partial charge in [0.25, 0.3) is 5.91 Å². The van der Waals surface area contributed by atoms with Gasteiger partial charge < -0.3 is 10.1 Å². The quantitative estimate of drug-likeness (QED) is 0.740. The molecular weight excluding hydrogens is 328 g/mol. The number of carbonyl (C=O) groups excluding carboxylic acids is 1. The summed E-state index contributed by atoms with van der Waals surface area (Å²) in [6.07, 6.45) is 4.81. The average molecular weight is 348 g/mol. The minimum atomic E-state index is -0.216. The van der Waals surface area contributed by atoms with Gasteiger partial charge in [0.15, 0.2) is 0 Å². The molecule has 0 radical (unpaired) electrons.